The summed E-state index contributed by atoms with van der Waals surface area (Å²) < 4.78 is 26.9. The smallest absolute Gasteiger partial charge is 0.274 e. The molecule has 2 aromatic carbocycles. The maximum Gasteiger partial charge on any atom is 0.274 e. The molecule has 0 fully saturated rings. The zero-order valence-corrected chi connectivity index (χ0v) is 19.5. The Morgan fingerprint density at radius 3 is 2.35 bits per heavy atom. The van der Waals surface area contributed by atoms with Gasteiger partial charge in [-0.3, -0.25) is 14.6 Å². The van der Waals surface area contributed by atoms with E-state index in [0.29, 0.717) is 22.0 Å². The first kappa shape index (κ1) is 23.3. The van der Waals surface area contributed by atoms with E-state index in [4.69, 9.17) is 0 Å². The fraction of sp³-hybridized carbons (Fsp3) is 0.167. The number of benzene rings is 2. The summed E-state index contributed by atoms with van der Waals surface area (Å²) >= 11 is 0. The molecule has 0 aliphatic heterocycles. The number of aromatic nitrogens is 3. The molecule has 2 heterocycles. The molecule has 2 aromatic heterocycles. The van der Waals surface area contributed by atoms with E-state index in [-0.39, 0.29) is 29.5 Å². The lowest BCUT2D eigenvalue weighted by molar-refractivity contribution is 0.0950. The average Bonchev–Trinajstić information content (AvgIpc) is 2.85. The normalized spacial score (nSPS) is 11.6. The van der Waals surface area contributed by atoms with Gasteiger partial charge in [0.05, 0.1) is 29.1 Å². The number of nitrogens with zero attached hydrogens (tertiary/aromatic N) is 4. The predicted molar refractivity (Wildman–Crippen MR) is 128 cm³/mol. The van der Waals surface area contributed by atoms with Crippen molar-refractivity contribution in [3.8, 4) is 0 Å². The molecular formula is C24H23N5O4S. The van der Waals surface area contributed by atoms with E-state index in [0.717, 1.165) is 9.87 Å². The third kappa shape index (κ3) is 4.73. The summed E-state index contributed by atoms with van der Waals surface area (Å²) in [7, 11) is -0.688. The Hall–Kier alpha value is -3.89. The Balaban J connectivity index is 1.59. The molecule has 0 atom stereocenters. The second kappa shape index (κ2) is 9.54. The molecule has 1 N–H and O–H groups in total. The van der Waals surface area contributed by atoms with E-state index in [9.17, 15) is 18.0 Å². The van der Waals surface area contributed by atoms with Crippen molar-refractivity contribution in [2.45, 2.75) is 18.0 Å². The average molecular weight is 478 g/mol. The first-order valence-corrected chi connectivity index (χ1v) is 11.9. The molecule has 174 valence electrons. The number of hydrogen-bond donors (Lipinski definition) is 1. The largest absolute Gasteiger partial charge is 0.346 e. The first-order valence-electron chi connectivity index (χ1n) is 10.5. The number of carbonyl (C=O) groups excluding carboxylic acids is 1. The summed E-state index contributed by atoms with van der Waals surface area (Å²) in [5.41, 5.74) is 1.45. The third-order valence-corrected chi connectivity index (χ3v) is 7.14. The molecule has 0 unspecified atom stereocenters. The SMILES string of the molecule is CN(C)S(=O)(=O)c1ccc(C(=O)NCc2nn(Cc3cccnc3)c(=O)c3ccccc23)cc1. The molecule has 0 aliphatic rings. The lowest BCUT2D eigenvalue weighted by Crippen LogP contribution is -2.29. The van der Waals surface area contributed by atoms with Gasteiger partial charge < -0.3 is 5.32 Å². The summed E-state index contributed by atoms with van der Waals surface area (Å²) in [5, 5.41) is 8.47. The zero-order valence-electron chi connectivity index (χ0n) is 18.7. The predicted octanol–water partition coefficient (Wildman–Crippen LogP) is 2.02. The zero-order chi connectivity index (χ0) is 24.3. The van der Waals surface area contributed by atoms with Crippen molar-refractivity contribution in [1.29, 1.82) is 0 Å². The second-order valence-electron chi connectivity index (χ2n) is 7.81. The molecular weight excluding hydrogens is 454 g/mol. The standard InChI is InChI=1S/C24H23N5O4S/c1-28(2)34(32,33)19-11-9-18(10-12-19)23(30)26-15-22-20-7-3-4-8-21(20)24(31)29(27-22)16-17-6-5-13-25-14-17/h3-14H,15-16H2,1-2H3,(H,26,30). The topological polar surface area (TPSA) is 114 Å². The minimum atomic E-state index is -3.58. The van der Waals surface area contributed by atoms with Gasteiger partial charge in [0.2, 0.25) is 10.0 Å². The van der Waals surface area contributed by atoms with Gasteiger partial charge in [0, 0.05) is 37.4 Å². The van der Waals surface area contributed by atoms with Gasteiger partial charge in [0.15, 0.2) is 0 Å². The molecule has 1 amide bonds. The maximum absolute atomic E-state index is 12.9. The summed E-state index contributed by atoms with van der Waals surface area (Å²) in [6.07, 6.45) is 3.33. The van der Waals surface area contributed by atoms with Crippen LogP contribution in [0.15, 0.2) is 82.7 Å². The Morgan fingerprint density at radius 2 is 1.71 bits per heavy atom. The fourth-order valence-electron chi connectivity index (χ4n) is 3.46. The van der Waals surface area contributed by atoms with Crippen LogP contribution < -0.4 is 10.9 Å². The molecule has 0 aliphatic carbocycles. The van der Waals surface area contributed by atoms with Gasteiger partial charge in [-0.25, -0.2) is 17.4 Å². The van der Waals surface area contributed by atoms with Gasteiger partial charge in [0.25, 0.3) is 11.5 Å². The molecule has 34 heavy (non-hydrogen) atoms. The van der Waals surface area contributed by atoms with Crippen LogP contribution in [0.25, 0.3) is 10.8 Å². The third-order valence-electron chi connectivity index (χ3n) is 5.31. The van der Waals surface area contributed by atoms with E-state index in [1.807, 2.05) is 12.1 Å². The number of sulfonamides is 1. The van der Waals surface area contributed by atoms with Crippen molar-refractivity contribution in [1.82, 2.24) is 24.4 Å². The van der Waals surface area contributed by atoms with E-state index in [1.54, 1.807) is 36.7 Å². The van der Waals surface area contributed by atoms with Crippen LogP contribution in [0.1, 0.15) is 21.6 Å². The monoisotopic (exact) mass is 477 g/mol. The molecule has 9 nitrogen and oxygen atoms in total. The highest BCUT2D eigenvalue weighted by atomic mass is 32.2. The minimum absolute atomic E-state index is 0.0877. The van der Waals surface area contributed by atoms with Gasteiger partial charge in [-0.05, 0) is 42.0 Å². The van der Waals surface area contributed by atoms with Gasteiger partial charge in [-0.15, -0.1) is 0 Å². The van der Waals surface area contributed by atoms with Gasteiger partial charge in [0.1, 0.15) is 0 Å². The number of carbonyl (C=O) groups is 1. The highest BCUT2D eigenvalue weighted by molar-refractivity contribution is 7.89. The molecule has 0 spiro atoms. The number of rotatable bonds is 7. The number of pyridine rings is 1. The van der Waals surface area contributed by atoms with Crippen LogP contribution in [0, 0.1) is 0 Å². The van der Waals surface area contributed by atoms with Crippen molar-refractivity contribution in [2.24, 2.45) is 0 Å². The van der Waals surface area contributed by atoms with Crippen molar-refractivity contribution < 1.29 is 13.2 Å². The molecule has 10 heteroatoms. The fourth-order valence-corrected chi connectivity index (χ4v) is 4.36. The van der Waals surface area contributed by atoms with E-state index >= 15 is 0 Å². The number of hydrogen-bond acceptors (Lipinski definition) is 6. The summed E-state index contributed by atoms with van der Waals surface area (Å²) in [6, 6.07) is 16.5. The molecule has 4 aromatic rings. The van der Waals surface area contributed by atoms with Gasteiger partial charge in [-0.1, -0.05) is 24.3 Å². The first-order chi connectivity index (χ1) is 16.3. The summed E-state index contributed by atoms with van der Waals surface area (Å²) in [4.78, 5) is 29.8. The quantitative estimate of drug-likeness (QED) is 0.436. The van der Waals surface area contributed by atoms with Crippen molar-refractivity contribution in [2.75, 3.05) is 14.1 Å². The van der Waals surface area contributed by atoms with Crippen molar-refractivity contribution >= 4 is 26.7 Å². The van der Waals surface area contributed by atoms with Crippen molar-refractivity contribution in [3.05, 3.63) is 100 Å². The van der Waals surface area contributed by atoms with Crippen LogP contribution in [0.5, 0.6) is 0 Å². The highest BCUT2D eigenvalue weighted by Crippen LogP contribution is 2.16. The lowest BCUT2D eigenvalue weighted by Gasteiger charge is -2.13. The Labute approximate surface area is 196 Å². The summed E-state index contributed by atoms with van der Waals surface area (Å²) in [6.45, 7) is 0.338. The lowest BCUT2D eigenvalue weighted by atomic mass is 10.1. The van der Waals surface area contributed by atoms with Gasteiger partial charge >= 0.3 is 0 Å². The van der Waals surface area contributed by atoms with E-state index < -0.39 is 10.0 Å². The maximum atomic E-state index is 12.9. The van der Waals surface area contributed by atoms with Crippen molar-refractivity contribution in [3.63, 3.8) is 0 Å². The highest BCUT2D eigenvalue weighted by Gasteiger charge is 2.18. The Morgan fingerprint density at radius 1 is 1.00 bits per heavy atom. The number of fused-ring (bicyclic) bond motifs is 1. The van der Waals surface area contributed by atoms with Crippen LogP contribution in [-0.4, -0.2) is 47.5 Å². The Kier molecular flexibility index (Phi) is 6.53. The van der Waals surface area contributed by atoms with E-state index in [2.05, 4.69) is 15.4 Å². The number of nitrogens with one attached hydrogen (secondary N) is 1. The second-order valence-corrected chi connectivity index (χ2v) is 9.96. The van der Waals surface area contributed by atoms with E-state index in [1.165, 1.54) is 43.0 Å². The summed E-state index contributed by atoms with van der Waals surface area (Å²) in [5.74, 6) is -0.385. The Bertz CT molecular complexity index is 1500. The van der Waals surface area contributed by atoms with Crippen LogP contribution in [-0.2, 0) is 23.1 Å². The van der Waals surface area contributed by atoms with Crippen LogP contribution in [0.2, 0.25) is 0 Å². The molecule has 0 saturated carbocycles. The minimum Gasteiger partial charge on any atom is -0.346 e. The van der Waals surface area contributed by atoms with Crippen LogP contribution >= 0.6 is 0 Å². The van der Waals surface area contributed by atoms with Crippen LogP contribution in [0.4, 0.5) is 0 Å². The van der Waals surface area contributed by atoms with Gasteiger partial charge in [-0.2, -0.15) is 5.10 Å². The molecule has 0 saturated heterocycles. The molecule has 0 bridgehead atoms. The molecule has 0 radical (unpaired) electrons. The van der Waals surface area contributed by atoms with Crippen LogP contribution in [0.3, 0.4) is 0 Å². The molecule has 4 rings (SSSR count). The number of amides is 1.